The van der Waals surface area contributed by atoms with Gasteiger partial charge in [-0.3, -0.25) is 9.79 Å². The number of hydrogen-bond acceptors (Lipinski definition) is 10. The van der Waals surface area contributed by atoms with Crippen LogP contribution in [-0.2, 0) is 25.4 Å². The van der Waals surface area contributed by atoms with Crippen LogP contribution in [0.4, 0.5) is 16.2 Å². The number of phenolic OH excluding ortho intramolecular Hbond substituents is 2. The Morgan fingerprint density at radius 2 is 1.89 bits per heavy atom. The lowest BCUT2D eigenvalue weighted by atomic mass is 9.87. The molecule has 2 rings (SSSR count). The van der Waals surface area contributed by atoms with Gasteiger partial charge in [-0.25, -0.2) is 4.79 Å². The Morgan fingerprint density at radius 1 is 1.20 bits per heavy atom. The van der Waals surface area contributed by atoms with Crippen LogP contribution >= 0.6 is 0 Å². The summed E-state index contributed by atoms with van der Waals surface area (Å²) >= 11 is 0. The SMILES string of the molecule is CO[C@H]1C[C@H](C)Cc2c(O)c(cc(O)c2N=CCN(C)C)NC(=O)/C(C)=C/C=C[C@@H](OC)[C@@H](OC(N)=O)/C(C)=C/[C@H](C)[C@H]1O. The van der Waals surface area contributed by atoms with Crippen molar-refractivity contribution in [3.63, 3.8) is 0 Å². The molecule has 0 aromatic heterocycles. The Hall–Kier alpha value is -3.71. The van der Waals surface area contributed by atoms with E-state index >= 15 is 0 Å². The topological polar surface area (TPSA) is 176 Å². The van der Waals surface area contributed by atoms with Crippen LogP contribution in [0, 0.1) is 11.8 Å². The smallest absolute Gasteiger partial charge is 0.405 e. The average Bonchev–Trinajstić information content (AvgIpc) is 2.95. The van der Waals surface area contributed by atoms with Crippen LogP contribution < -0.4 is 11.1 Å². The molecule has 1 aliphatic rings. The van der Waals surface area contributed by atoms with Crippen molar-refractivity contribution in [3.8, 4) is 11.5 Å². The number of aliphatic imine (C=N–C) groups is 1. The van der Waals surface area contributed by atoms with E-state index in [-0.39, 0.29) is 40.8 Å². The van der Waals surface area contributed by atoms with Gasteiger partial charge in [0.25, 0.3) is 5.91 Å². The maximum Gasteiger partial charge on any atom is 0.405 e. The number of carbonyl (C=O) groups is 2. The van der Waals surface area contributed by atoms with E-state index in [0.29, 0.717) is 24.1 Å². The van der Waals surface area contributed by atoms with E-state index in [0.717, 1.165) is 0 Å². The van der Waals surface area contributed by atoms with E-state index in [4.69, 9.17) is 19.9 Å². The van der Waals surface area contributed by atoms with Gasteiger partial charge in [0, 0.05) is 50.1 Å². The summed E-state index contributed by atoms with van der Waals surface area (Å²) in [4.78, 5) is 31.2. The molecule has 6 N–H and O–H groups in total. The lowest BCUT2D eigenvalue weighted by Gasteiger charge is -2.29. The van der Waals surface area contributed by atoms with Gasteiger partial charge in [-0.15, -0.1) is 0 Å². The van der Waals surface area contributed by atoms with E-state index in [1.807, 2.05) is 32.8 Å². The summed E-state index contributed by atoms with van der Waals surface area (Å²) in [5.74, 6) is -1.53. The van der Waals surface area contributed by atoms with Gasteiger partial charge in [0.15, 0.2) is 6.10 Å². The number of phenols is 2. The van der Waals surface area contributed by atoms with Gasteiger partial charge in [-0.2, -0.15) is 0 Å². The molecule has 12 heteroatoms. The Morgan fingerprint density at radius 3 is 2.48 bits per heavy atom. The fourth-order valence-corrected chi connectivity index (χ4v) is 5.03. The van der Waals surface area contributed by atoms with Gasteiger partial charge >= 0.3 is 6.09 Å². The molecule has 44 heavy (non-hydrogen) atoms. The Labute approximate surface area is 259 Å². The minimum Gasteiger partial charge on any atom is -0.506 e. The van der Waals surface area contributed by atoms with Crippen molar-refractivity contribution < 1.29 is 39.1 Å². The van der Waals surface area contributed by atoms with Crippen molar-refractivity contribution in [1.82, 2.24) is 4.90 Å². The number of methoxy groups -OCH3 is 2. The van der Waals surface area contributed by atoms with Gasteiger partial charge < -0.3 is 45.5 Å². The second-order valence-corrected chi connectivity index (χ2v) is 11.5. The summed E-state index contributed by atoms with van der Waals surface area (Å²) in [6.07, 6.45) is 4.57. The number of nitrogens with zero attached hydrogens (tertiary/aromatic N) is 2. The van der Waals surface area contributed by atoms with Gasteiger partial charge in [0.05, 0.1) is 17.9 Å². The second-order valence-electron chi connectivity index (χ2n) is 11.5. The number of amides is 2. The zero-order chi connectivity index (χ0) is 33.1. The van der Waals surface area contributed by atoms with Gasteiger partial charge in [-0.05, 0) is 52.3 Å². The summed E-state index contributed by atoms with van der Waals surface area (Å²) in [5, 5.41) is 36.2. The molecule has 1 heterocycles. The van der Waals surface area contributed by atoms with Gasteiger partial charge in [0.2, 0.25) is 0 Å². The number of primary amides is 1. The summed E-state index contributed by atoms with van der Waals surface area (Å²) in [5.41, 5.74) is 6.82. The largest absolute Gasteiger partial charge is 0.506 e. The normalized spacial score (nSPS) is 28.3. The molecule has 0 aliphatic carbocycles. The van der Waals surface area contributed by atoms with E-state index < -0.39 is 42.3 Å². The molecule has 12 nitrogen and oxygen atoms in total. The summed E-state index contributed by atoms with van der Waals surface area (Å²) < 4.78 is 16.7. The Kier molecular flexibility index (Phi) is 14.1. The van der Waals surface area contributed by atoms with Gasteiger partial charge in [0.1, 0.15) is 23.3 Å². The summed E-state index contributed by atoms with van der Waals surface area (Å²) in [6.45, 7) is 7.59. The zero-order valence-electron chi connectivity index (χ0n) is 26.9. The first-order valence-corrected chi connectivity index (χ1v) is 14.5. The van der Waals surface area contributed by atoms with Gasteiger partial charge in [-0.1, -0.05) is 38.2 Å². The lowest BCUT2D eigenvalue weighted by Crippen LogP contribution is -2.37. The highest BCUT2D eigenvalue weighted by Gasteiger charge is 2.30. The molecule has 0 spiro atoms. The van der Waals surface area contributed by atoms with Crippen molar-refractivity contribution in [3.05, 3.63) is 47.1 Å². The number of carbonyl (C=O) groups excluding carboxylic acids is 2. The standard InChI is InChI=1S/C32H48N4O8/c1-18-14-22-27(34-12-13-36(5)6)24(37)17-23(29(22)39)35-31(40)19(2)10-9-11-25(42-7)30(44-32(33)41)21(4)16-20(3)28(38)26(15-18)43-8/h9-12,16-18,20,25-26,28,30,37-39H,13-15H2,1-8H3,(H2,33,41)(H,35,40)/b11-9?,19-10+,21-16+,34-12?/t18-,20+,25-,26+,28-,30+/m1/s1. The third-order valence-electron chi connectivity index (χ3n) is 7.47. The first-order chi connectivity index (χ1) is 20.7. The number of ether oxygens (including phenoxy) is 3. The molecule has 0 unspecified atom stereocenters. The Bertz CT molecular complexity index is 1270. The molecule has 2 amide bonds. The molecule has 6 atom stereocenters. The summed E-state index contributed by atoms with van der Waals surface area (Å²) in [7, 11) is 6.71. The third kappa shape index (κ3) is 10.2. The number of aromatic hydroxyl groups is 2. The van der Waals surface area contributed by atoms with E-state index in [9.17, 15) is 24.9 Å². The molecule has 1 aromatic rings. The van der Waals surface area contributed by atoms with Crippen LogP contribution in [0.15, 0.2) is 46.5 Å². The van der Waals surface area contributed by atoms with Crippen molar-refractivity contribution in [2.45, 2.75) is 65.0 Å². The van der Waals surface area contributed by atoms with E-state index in [2.05, 4.69) is 10.3 Å². The monoisotopic (exact) mass is 616 g/mol. The quantitative estimate of drug-likeness (QED) is 0.138. The predicted molar refractivity (Wildman–Crippen MR) is 170 cm³/mol. The molecule has 1 aliphatic heterocycles. The van der Waals surface area contributed by atoms with Crippen molar-refractivity contribution in [2.24, 2.45) is 22.6 Å². The number of benzene rings is 1. The molecule has 0 radical (unpaired) electrons. The third-order valence-corrected chi connectivity index (χ3v) is 7.47. The summed E-state index contributed by atoms with van der Waals surface area (Å²) in [6, 6.07) is 1.26. The number of aliphatic hydroxyl groups excluding tert-OH is 1. The maximum absolute atomic E-state index is 13.1. The van der Waals surface area contributed by atoms with Crippen molar-refractivity contribution >= 4 is 29.6 Å². The molecule has 244 valence electrons. The van der Waals surface area contributed by atoms with Crippen LogP contribution in [0.25, 0.3) is 0 Å². The molecule has 0 saturated carbocycles. The minimum atomic E-state index is -0.991. The van der Waals surface area contributed by atoms with Crippen LogP contribution in [0.2, 0.25) is 0 Å². The number of allylic oxidation sites excluding steroid dienone is 2. The number of hydrogen-bond donors (Lipinski definition) is 5. The highest BCUT2D eigenvalue weighted by atomic mass is 16.6. The molecule has 1 aromatic carbocycles. The number of aliphatic hydroxyl groups is 1. The van der Waals surface area contributed by atoms with Crippen LogP contribution in [0.5, 0.6) is 11.5 Å². The van der Waals surface area contributed by atoms with Crippen LogP contribution in [0.1, 0.15) is 39.7 Å². The lowest BCUT2D eigenvalue weighted by molar-refractivity contribution is -0.112. The van der Waals surface area contributed by atoms with E-state index in [1.54, 1.807) is 38.3 Å². The molecule has 0 saturated heterocycles. The number of anilines is 1. The van der Waals surface area contributed by atoms with E-state index in [1.165, 1.54) is 26.4 Å². The van der Waals surface area contributed by atoms with Crippen LogP contribution in [-0.4, -0.2) is 97.7 Å². The predicted octanol–water partition coefficient (Wildman–Crippen LogP) is 3.82. The molecular weight excluding hydrogens is 568 g/mol. The zero-order valence-corrected chi connectivity index (χ0v) is 26.9. The number of nitrogens with one attached hydrogen (secondary N) is 1. The fraction of sp³-hybridized carbons (Fsp3) is 0.531. The number of rotatable bonds is 6. The number of nitrogens with two attached hydrogens (primary N) is 1. The van der Waals surface area contributed by atoms with Crippen LogP contribution in [0.3, 0.4) is 0 Å². The molecule has 2 bridgehead atoms. The second kappa shape index (κ2) is 17.0. The molecular formula is C32H48N4O8. The highest BCUT2D eigenvalue weighted by molar-refractivity contribution is 6.04. The minimum absolute atomic E-state index is 0.0253. The first kappa shape index (κ1) is 36.5. The Balaban J connectivity index is 2.69. The highest BCUT2D eigenvalue weighted by Crippen LogP contribution is 2.44. The van der Waals surface area contributed by atoms with Crippen molar-refractivity contribution in [2.75, 3.05) is 40.2 Å². The average molecular weight is 617 g/mol. The number of fused-ring (bicyclic) bond motifs is 2. The van der Waals surface area contributed by atoms with Crippen molar-refractivity contribution in [1.29, 1.82) is 0 Å². The fourth-order valence-electron chi connectivity index (χ4n) is 5.03. The maximum atomic E-state index is 13.1. The molecule has 0 fully saturated rings. The first-order valence-electron chi connectivity index (χ1n) is 14.5.